The molecule has 0 unspecified atom stereocenters. The van der Waals surface area contributed by atoms with Gasteiger partial charge in [0.05, 0.1) is 0 Å². The minimum atomic E-state index is -4.27. The lowest BCUT2D eigenvalue weighted by Crippen LogP contribution is -2.43. The van der Waals surface area contributed by atoms with Gasteiger partial charge in [-0.2, -0.15) is 13.2 Å². The Labute approximate surface area is 152 Å². The summed E-state index contributed by atoms with van der Waals surface area (Å²) in [7, 11) is -2.14. The van der Waals surface area contributed by atoms with Crippen LogP contribution >= 0.6 is 0 Å². The topological polar surface area (TPSA) is 0 Å². The van der Waals surface area contributed by atoms with Crippen LogP contribution in [0.2, 0.25) is 16.6 Å². The summed E-state index contributed by atoms with van der Waals surface area (Å²) in [6, 6.07) is 9.33. The number of halogens is 3. The van der Waals surface area contributed by atoms with Crippen molar-refractivity contribution >= 4 is 8.07 Å². The van der Waals surface area contributed by atoms with Crippen molar-refractivity contribution in [2.24, 2.45) is 5.92 Å². The summed E-state index contributed by atoms with van der Waals surface area (Å²) in [5, 5.41) is 0. The van der Waals surface area contributed by atoms with Gasteiger partial charge in [-0.1, -0.05) is 77.8 Å². The Hall–Kier alpha value is -1.21. The number of benzene rings is 1. The molecule has 0 saturated heterocycles. The van der Waals surface area contributed by atoms with Gasteiger partial charge < -0.3 is 0 Å². The van der Waals surface area contributed by atoms with E-state index in [4.69, 9.17) is 0 Å². The van der Waals surface area contributed by atoms with E-state index >= 15 is 0 Å². The van der Waals surface area contributed by atoms with Gasteiger partial charge in [-0.25, -0.2) is 0 Å². The van der Waals surface area contributed by atoms with Crippen LogP contribution in [-0.2, 0) is 6.42 Å². The first-order valence-electron chi connectivity index (χ1n) is 9.15. The average molecular weight is 369 g/mol. The van der Waals surface area contributed by atoms with Crippen molar-refractivity contribution < 1.29 is 13.2 Å². The van der Waals surface area contributed by atoms with Crippen LogP contribution in [0.4, 0.5) is 13.2 Å². The molecule has 1 atom stereocenters. The Morgan fingerprint density at radius 3 is 1.76 bits per heavy atom. The molecule has 0 radical (unpaired) electrons. The highest BCUT2D eigenvalue weighted by Crippen LogP contribution is 2.41. The average Bonchev–Trinajstić information content (AvgIpc) is 2.49. The van der Waals surface area contributed by atoms with E-state index in [1.807, 2.05) is 30.3 Å². The first-order chi connectivity index (χ1) is 11.5. The Balaban J connectivity index is 3.11. The van der Waals surface area contributed by atoms with Crippen molar-refractivity contribution in [1.82, 2.24) is 0 Å². The third-order valence-electron chi connectivity index (χ3n) is 5.29. The standard InChI is InChI=1S/C21H31F3Si/c1-16(2)25(17(3)4,18(5)6)15-14-20(21(22,23)24)13-12-19-10-8-7-9-11-19/h7-11,16-18,20H,12-13H2,1-6H3/t20-/m1/s1. The highest BCUT2D eigenvalue weighted by Gasteiger charge is 2.43. The Kier molecular flexibility index (Phi) is 7.80. The van der Waals surface area contributed by atoms with Crippen LogP contribution in [0.25, 0.3) is 0 Å². The van der Waals surface area contributed by atoms with E-state index < -0.39 is 20.2 Å². The molecule has 0 amide bonds. The molecule has 0 nitrogen and oxygen atoms in total. The second kappa shape index (κ2) is 8.94. The van der Waals surface area contributed by atoms with Gasteiger partial charge in [-0.3, -0.25) is 0 Å². The van der Waals surface area contributed by atoms with Gasteiger partial charge in [0, 0.05) is 0 Å². The van der Waals surface area contributed by atoms with Crippen molar-refractivity contribution in [3.8, 4) is 11.5 Å². The molecule has 1 rings (SSSR count). The van der Waals surface area contributed by atoms with Gasteiger partial charge >= 0.3 is 6.18 Å². The Bertz CT molecular complexity index is 555. The van der Waals surface area contributed by atoms with Gasteiger partial charge in [0.15, 0.2) is 0 Å². The SMILES string of the molecule is CC(C)[Si](C#C[C@@H](CCc1ccccc1)C(F)(F)F)(C(C)C)C(C)C. The number of hydrogen-bond acceptors (Lipinski definition) is 0. The fourth-order valence-corrected chi connectivity index (χ4v) is 9.21. The first kappa shape index (κ1) is 21.8. The quantitative estimate of drug-likeness (QED) is 0.374. The minimum absolute atomic E-state index is 0.0271. The highest BCUT2D eigenvalue weighted by molar-refractivity contribution is 6.90. The monoisotopic (exact) mass is 368 g/mol. The number of rotatable bonds is 6. The third-order valence-corrected chi connectivity index (χ3v) is 11.6. The lowest BCUT2D eigenvalue weighted by atomic mass is 10.00. The summed E-state index contributed by atoms with van der Waals surface area (Å²) >= 11 is 0. The largest absolute Gasteiger partial charge is 0.402 e. The van der Waals surface area contributed by atoms with E-state index in [1.165, 1.54) is 0 Å². The fourth-order valence-electron chi connectivity index (χ4n) is 3.92. The molecule has 0 heterocycles. The molecule has 1 aromatic rings. The Morgan fingerprint density at radius 1 is 0.880 bits per heavy atom. The van der Waals surface area contributed by atoms with E-state index in [0.717, 1.165) is 5.56 Å². The van der Waals surface area contributed by atoms with Gasteiger partial charge in [0.1, 0.15) is 14.0 Å². The van der Waals surface area contributed by atoms with Crippen molar-refractivity contribution in [3.05, 3.63) is 35.9 Å². The molecule has 25 heavy (non-hydrogen) atoms. The zero-order valence-corrected chi connectivity index (χ0v) is 17.2. The minimum Gasteiger partial charge on any atom is -0.170 e. The molecule has 0 fully saturated rings. The molecule has 0 N–H and O–H groups in total. The molecular weight excluding hydrogens is 337 g/mol. The van der Waals surface area contributed by atoms with E-state index in [-0.39, 0.29) is 6.42 Å². The van der Waals surface area contributed by atoms with Gasteiger partial charge in [-0.05, 0) is 35.0 Å². The number of aryl methyl sites for hydroxylation is 1. The van der Waals surface area contributed by atoms with E-state index in [1.54, 1.807) is 0 Å². The van der Waals surface area contributed by atoms with Crippen molar-refractivity contribution in [1.29, 1.82) is 0 Å². The van der Waals surface area contributed by atoms with Crippen molar-refractivity contribution in [2.45, 2.75) is 77.2 Å². The molecule has 4 heteroatoms. The van der Waals surface area contributed by atoms with E-state index in [0.29, 0.717) is 23.0 Å². The van der Waals surface area contributed by atoms with Crippen LogP contribution < -0.4 is 0 Å². The van der Waals surface area contributed by atoms with E-state index in [2.05, 4.69) is 53.0 Å². The van der Waals surface area contributed by atoms with Crippen LogP contribution in [0.3, 0.4) is 0 Å². The van der Waals surface area contributed by atoms with Crippen molar-refractivity contribution in [2.75, 3.05) is 0 Å². The Morgan fingerprint density at radius 2 is 1.36 bits per heavy atom. The molecular formula is C21H31F3Si. The molecule has 0 aromatic heterocycles. The highest BCUT2D eigenvalue weighted by atomic mass is 28.3. The first-order valence-corrected chi connectivity index (χ1v) is 11.4. The van der Waals surface area contributed by atoms with Gasteiger partial charge in [0.25, 0.3) is 0 Å². The molecule has 0 saturated carbocycles. The zero-order chi connectivity index (χ0) is 19.3. The van der Waals surface area contributed by atoms with Crippen molar-refractivity contribution in [3.63, 3.8) is 0 Å². The maximum atomic E-state index is 13.5. The van der Waals surface area contributed by atoms with Gasteiger partial charge in [0.2, 0.25) is 0 Å². The fraction of sp³-hybridized carbons (Fsp3) is 0.619. The maximum absolute atomic E-state index is 13.5. The van der Waals surface area contributed by atoms with Gasteiger partial charge in [-0.15, -0.1) is 5.54 Å². The predicted octanol–water partition coefficient (Wildman–Crippen LogP) is 7.02. The summed E-state index contributed by atoms with van der Waals surface area (Å²) in [6.07, 6.45) is -3.84. The van der Waals surface area contributed by atoms with E-state index in [9.17, 15) is 13.2 Å². The van der Waals surface area contributed by atoms with Crippen LogP contribution in [0.1, 0.15) is 53.5 Å². The summed E-state index contributed by atoms with van der Waals surface area (Å²) in [4.78, 5) is 0. The predicted molar refractivity (Wildman–Crippen MR) is 103 cm³/mol. The lowest BCUT2D eigenvalue weighted by Gasteiger charge is -2.38. The smallest absolute Gasteiger partial charge is 0.170 e. The second-order valence-corrected chi connectivity index (χ2v) is 13.4. The summed E-state index contributed by atoms with van der Waals surface area (Å²) in [5.41, 5.74) is 5.18. The molecule has 0 aliphatic heterocycles. The molecule has 0 aliphatic rings. The molecule has 1 aromatic carbocycles. The zero-order valence-electron chi connectivity index (χ0n) is 16.2. The van der Waals surface area contributed by atoms with Crippen LogP contribution in [0.5, 0.6) is 0 Å². The van der Waals surface area contributed by atoms with Crippen LogP contribution in [0.15, 0.2) is 30.3 Å². The third kappa shape index (κ3) is 5.64. The lowest BCUT2D eigenvalue weighted by molar-refractivity contribution is -0.159. The summed E-state index contributed by atoms with van der Waals surface area (Å²) in [6.45, 7) is 12.7. The summed E-state index contributed by atoms with van der Waals surface area (Å²) in [5.74, 6) is 1.16. The molecule has 0 bridgehead atoms. The number of alkyl halides is 3. The molecule has 0 spiro atoms. The maximum Gasteiger partial charge on any atom is 0.402 e. The normalized spacial score (nSPS) is 13.9. The van der Waals surface area contributed by atoms with Crippen LogP contribution in [-0.4, -0.2) is 14.3 Å². The number of hydrogen-bond donors (Lipinski definition) is 0. The second-order valence-electron chi connectivity index (χ2n) is 7.78. The molecule has 0 aliphatic carbocycles. The van der Waals surface area contributed by atoms with Crippen LogP contribution in [0, 0.1) is 17.4 Å². The summed E-state index contributed by atoms with van der Waals surface area (Å²) < 4.78 is 40.5. The molecule has 140 valence electrons.